The summed E-state index contributed by atoms with van der Waals surface area (Å²) in [5.74, 6) is 1.25. The second kappa shape index (κ2) is 11.7. The van der Waals surface area contributed by atoms with Crippen LogP contribution in [0.15, 0.2) is 170 Å². The number of fused-ring (bicyclic) bond motifs is 6. The topological polar surface area (TPSA) is 43.6 Å². The van der Waals surface area contributed by atoms with Gasteiger partial charge in [-0.3, -0.25) is 0 Å². The molecule has 0 spiro atoms. The largest absolute Gasteiger partial charge is 0.309 e. The lowest BCUT2D eigenvalue weighted by molar-refractivity contribution is 0.660. The van der Waals surface area contributed by atoms with Gasteiger partial charge in [-0.05, 0) is 69.7 Å². The first-order chi connectivity index (χ1) is 28.8. The van der Waals surface area contributed by atoms with E-state index in [9.17, 15) is 0 Å². The fourth-order valence-corrected chi connectivity index (χ4v) is 7.54. The molecule has 2 heterocycles. The zero-order valence-electron chi connectivity index (χ0n) is 36.3. The number of para-hydroxylation sites is 2. The number of nitrogens with zero attached hydrogens (tertiary/aromatic N) is 4. The number of benzene rings is 7. The minimum Gasteiger partial charge on any atom is -0.309 e. The molecule has 7 aromatic carbocycles. The highest BCUT2D eigenvalue weighted by molar-refractivity contribution is 6.09. The Morgan fingerprint density at radius 3 is 1.69 bits per heavy atom. The molecular formula is C48H34N4. The summed E-state index contributed by atoms with van der Waals surface area (Å²) in [6.45, 7) is 4.45. The van der Waals surface area contributed by atoms with Crippen molar-refractivity contribution in [2.45, 2.75) is 19.3 Å². The van der Waals surface area contributed by atoms with Crippen LogP contribution in [-0.4, -0.2) is 19.5 Å². The third kappa shape index (κ3) is 4.79. The predicted molar refractivity (Wildman–Crippen MR) is 213 cm³/mol. The molecule has 0 radical (unpaired) electrons. The zero-order chi connectivity index (χ0) is 41.8. The van der Waals surface area contributed by atoms with E-state index in [1.807, 2.05) is 78.9 Å². The molecule has 0 aliphatic heterocycles. The molecule has 0 unspecified atom stereocenters. The lowest BCUT2D eigenvalue weighted by atomic mass is 9.82. The summed E-state index contributed by atoms with van der Waals surface area (Å²) in [5, 5.41) is 0.00956. The van der Waals surface area contributed by atoms with E-state index in [0.717, 1.165) is 22.3 Å². The summed E-state index contributed by atoms with van der Waals surface area (Å²) in [6, 6.07) is 36.2. The predicted octanol–water partition coefficient (Wildman–Crippen LogP) is 11.9. The maximum absolute atomic E-state index is 9.14. The Hall–Kier alpha value is -6.65. The second-order valence-electron chi connectivity index (χ2n) is 13.5. The normalized spacial score (nSPS) is 15.1. The molecule has 0 N–H and O–H groups in total. The lowest BCUT2D eigenvalue weighted by Crippen LogP contribution is -2.15. The molecule has 0 saturated carbocycles. The Morgan fingerprint density at radius 2 is 1.00 bits per heavy atom. The lowest BCUT2D eigenvalue weighted by Gasteiger charge is -2.21. The summed E-state index contributed by atoms with van der Waals surface area (Å²) in [6.07, 6.45) is 0. The maximum atomic E-state index is 9.14. The number of hydrogen-bond acceptors (Lipinski definition) is 3. The van der Waals surface area contributed by atoms with E-state index in [0.29, 0.717) is 28.7 Å². The third-order valence-electron chi connectivity index (χ3n) is 10.1. The Labute approximate surface area is 314 Å². The van der Waals surface area contributed by atoms with E-state index in [1.165, 1.54) is 26.8 Å². The Bertz CT molecular complexity index is 3200. The molecule has 246 valence electrons. The van der Waals surface area contributed by atoms with Crippen LogP contribution in [0.3, 0.4) is 0 Å². The Morgan fingerprint density at radius 1 is 0.462 bits per heavy atom. The van der Waals surface area contributed by atoms with Crippen molar-refractivity contribution in [3.63, 3.8) is 0 Å². The van der Waals surface area contributed by atoms with Gasteiger partial charge in [-0.1, -0.05) is 147 Å². The van der Waals surface area contributed by atoms with Crippen LogP contribution in [0.4, 0.5) is 0 Å². The van der Waals surface area contributed by atoms with Crippen LogP contribution < -0.4 is 0 Å². The number of aromatic nitrogens is 4. The molecule has 9 aromatic rings. The molecule has 0 amide bonds. The standard InChI is InChI=1S/C48H34N4/c1-48(2)41-22-12-9-19-37(41)38-26-25-33(30-42(38)48)46-49-45(32-17-7-4-8-18-32)50-47(51-46)35-27-34(31-15-5-3-6-16-31)28-36(29-35)52-43-23-13-10-20-39(43)40-21-11-14-24-44(40)52/h3-30H,1-2H3/i10D,11D,13D,14D,20D,21D,23D,24D. The first-order valence-electron chi connectivity index (χ1n) is 21.1. The van der Waals surface area contributed by atoms with Gasteiger partial charge in [0.1, 0.15) is 0 Å². The van der Waals surface area contributed by atoms with Crippen LogP contribution in [0.25, 0.3) is 83.9 Å². The van der Waals surface area contributed by atoms with Crippen LogP contribution in [0, 0.1) is 0 Å². The highest BCUT2D eigenvalue weighted by Gasteiger charge is 2.35. The van der Waals surface area contributed by atoms with Crippen LogP contribution in [0.5, 0.6) is 0 Å². The van der Waals surface area contributed by atoms with Crippen LogP contribution in [0.2, 0.25) is 0 Å². The van der Waals surface area contributed by atoms with Gasteiger partial charge >= 0.3 is 0 Å². The van der Waals surface area contributed by atoms with Gasteiger partial charge in [0.15, 0.2) is 17.5 Å². The van der Waals surface area contributed by atoms with E-state index >= 15 is 0 Å². The molecule has 2 aromatic heterocycles. The molecule has 0 atom stereocenters. The highest BCUT2D eigenvalue weighted by atomic mass is 15.0. The van der Waals surface area contributed by atoms with Gasteiger partial charge in [-0.15, -0.1) is 0 Å². The van der Waals surface area contributed by atoms with Gasteiger partial charge in [0, 0.05) is 38.6 Å². The fourth-order valence-electron chi connectivity index (χ4n) is 7.54. The van der Waals surface area contributed by atoms with Crippen LogP contribution >= 0.6 is 0 Å². The molecule has 1 aliphatic rings. The Kier molecular flexibility index (Phi) is 5.17. The molecule has 1 aliphatic carbocycles. The van der Waals surface area contributed by atoms with Crippen molar-refractivity contribution >= 4 is 21.8 Å². The average molecular weight is 675 g/mol. The molecular weight excluding hydrogens is 633 g/mol. The van der Waals surface area contributed by atoms with Gasteiger partial charge < -0.3 is 4.57 Å². The zero-order valence-corrected chi connectivity index (χ0v) is 28.3. The van der Waals surface area contributed by atoms with Crippen molar-refractivity contribution in [2.24, 2.45) is 0 Å². The van der Waals surface area contributed by atoms with Crippen molar-refractivity contribution in [1.82, 2.24) is 19.5 Å². The molecule has 4 heteroatoms. The van der Waals surface area contributed by atoms with Crippen molar-refractivity contribution in [1.29, 1.82) is 0 Å². The molecule has 10 rings (SSSR count). The molecule has 0 saturated heterocycles. The minimum atomic E-state index is -0.498. The van der Waals surface area contributed by atoms with E-state index in [-0.39, 0.29) is 39.3 Å². The van der Waals surface area contributed by atoms with Crippen molar-refractivity contribution in [3.8, 4) is 62.1 Å². The van der Waals surface area contributed by atoms with Crippen LogP contribution in [0.1, 0.15) is 35.9 Å². The van der Waals surface area contributed by atoms with Gasteiger partial charge in [0.2, 0.25) is 0 Å². The molecule has 4 nitrogen and oxygen atoms in total. The summed E-state index contributed by atoms with van der Waals surface area (Å²) in [4.78, 5) is 15.2. The summed E-state index contributed by atoms with van der Waals surface area (Å²) in [7, 11) is 0. The molecule has 0 fully saturated rings. The molecule has 0 bridgehead atoms. The van der Waals surface area contributed by atoms with Crippen LogP contribution in [-0.2, 0) is 5.41 Å². The van der Waals surface area contributed by atoms with Gasteiger partial charge in [0.25, 0.3) is 0 Å². The summed E-state index contributed by atoms with van der Waals surface area (Å²) < 4.78 is 72.1. The fraction of sp³-hybridized carbons (Fsp3) is 0.0625. The Balaban J connectivity index is 1.28. The first-order valence-corrected chi connectivity index (χ1v) is 17.1. The molecule has 52 heavy (non-hydrogen) atoms. The maximum Gasteiger partial charge on any atom is 0.164 e. The minimum absolute atomic E-state index is 0.00478. The summed E-state index contributed by atoms with van der Waals surface area (Å²) in [5.41, 5.74) is 8.68. The summed E-state index contributed by atoms with van der Waals surface area (Å²) >= 11 is 0. The smallest absolute Gasteiger partial charge is 0.164 e. The number of rotatable bonds is 5. The monoisotopic (exact) mass is 674 g/mol. The van der Waals surface area contributed by atoms with E-state index in [1.54, 1.807) is 6.07 Å². The quantitative estimate of drug-likeness (QED) is 0.182. The highest BCUT2D eigenvalue weighted by Crippen LogP contribution is 2.49. The number of hydrogen-bond donors (Lipinski definition) is 0. The van der Waals surface area contributed by atoms with Crippen molar-refractivity contribution in [3.05, 3.63) is 181 Å². The van der Waals surface area contributed by atoms with Gasteiger partial charge in [-0.2, -0.15) is 0 Å². The van der Waals surface area contributed by atoms with Crippen molar-refractivity contribution < 1.29 is 11.0 Å². The van der Waals surface area contributed by atoms with Gasteiger partial charge in [-0.25, -0.2) is 15.0 Å². The van der Waals surface area contributed by atoms with E-state index < -0.39 is 36.3 Å². The van der Waals surface area contributed by atoms with Crippen molar-refractivity contribution in [2.75, 3.05) is 0 Å². The third-order valence-corrected chi connectivity index (χ3v) is 10.1. The first kappa shape index (κ1) is 22.9. The van der Waals surface area contributed by atoms with Gasteiger partial charge in [0.05, 0.1) is 22.0 Å². The van der Waals surface area contributed by atoms with E-state index in [4.69, 9.17) is 25.9 Å². The average Bonchev–Trinajstić information content (AvgIpc) is 3.76. The SMILES string of the molecule is [2H]c1c([2H])c([2H])c2c(c1[2H])c1c([2H])c([2H])c([2H])c([2H])c1n2-c1cc(-c2ccccc2)cc(-c2nc(-c3ccccc3)nc(-c3ccc4c(c3)C(C)(C)c3ccccc3-4)n2)c1. The van der Waals surface area contributed by atoms with E-state index in [2.05, 4.69) is 50.2 Å². The second-order valence-corrected chi connectivity index (χ2v) is 13.5.